The molecule has 0 radical (unpaired) electrons. The zero-order valence-corrected chi connectivity index (χ0v) is 6.96. The summed E-state index contributed by atoms with van der Waals surface area (Å²) in [5, 5.41) is 0. The topological polar surface area (TPSA) is 18.5 Å². The smallest absolute Gasteiger partial charge is 0.160 e. The minimum Gasteiger partial charge on any atom is -0.356 e. The second kappa shape index (κ2) is 3.35. The van der Waals surface area contributed by atoms with Gasteiger partial charge in [-0.05, 0) is 12.8 Å². The standard InChI is InChI=1S/C8H16O2/c1-4-7-5-6(2)8(9-3)10-7/h6-8H,4-5H2,1-3H3. The lowest BCUT2D eigenvalue weighted by molar-refractivity contribution is -0.129. The summed E-state index contributed by atoms with van der Waals surface area (Å²) in [7, 11) is 1.71. The van der Waals surface area contributed by atoms with Gasteiger partial charge >= 0.3 is 0 Å². The van der Waals surface area contributed by atoms with E-state index in [1.807, 2.05) is 0 Å². The number of hydrogen-bond donors (Lipinski definition) is 0. The van der Waals surface area contributed by atoms with Gasteiger partial charge in [-0.2, -0.15) is 0 Å². The summed E-state index contributed by atoms with van der Waals surface area (Å²) >= 11 is 0. The van der Waals surface area contributed by atoms with Crippen LogP contribution in [0.5, 0.6) is 0 Å². The first kappa shape index (κ1) is 8.02. The molecule has 1 saturated heterocycles. The first-order valence-corrected chi connectivity index (χ1v) is 3.96. The van der Waals surface area contributed by atoms with Crippen LogP contribution in [0.3, 0.4) is 0 Å². The molecule has 0 aromatic rings. The van der Waals surface area contributed by atoms with Crippen LogP contribution in [0.1, 0.15) is 26.7 Å². The van der Waals surface area contributed by atoms with Crippen LogP contribution >= 0.6 is 0 Å². The number of methoxy groups -OCH3 is 1. The van der Waals surface area contributed by atoms with Gasteiger partial charge in [0.1, 0.15) is 0 Å². The van der Waals surface area contributed by atoms with Crippen molar-refractivity contribution in [2.75, 3.05) is 7.11 Å². The van der Waals surface area contributed by atoms with Crippen LogP contribution in [-0.2, 0) is 9.47 Å². The molecule has 0 aromatic carbocycles. The molecule has 0 bridgehead atoms. The third kappa shape index (κ3) is 1.50. The first-order chi connectivity index (χ1) is 4.77. The van der Waals surface area contributed by atoms with Gasteiger partial charge in [0.05, 0.1) is 6.10 Å². The highest BCUT2D eigenvalue weighted by Crippen LogP contribution is 2.27. The Labute approximate surface area is 62.5 Å². The quantitative estimate of drug-likeness (QED) is 0.588. The largest absolute Gasteiger partial charge is 0.356 e. The van der Waals surface area contributed by atoms with Crippen LogP contribution in [0.4, 0.5) is 0 Å². The molecule has 2 nitrogen and oxygen atoms in total. The van der Waals surface area contributed by atoms with Crippen molar-refractivity contribution in [3.05, 3.63) is 0 Å². The fourth-order valence-corrected chi connectivity index (χ4v) is 1.46. The van der Waals surface area contributed by atoms with E-state index in [1.54, 1.807) is 7.11 Å². The Morgan fingerprint density at radius 3 is 2.60 bits per heavy atom. The van der Waals surface area contributed by atoms with E-state index in [2.05, 4.69) is 13.8 Å². The summed E-state index contributed by atoms with van der Waals surface area (Å²) in [6.07, 6.45) is 2.73. The van der Waals surface area contributed by atoms with Crippen molar-refractivity contribution in [1.82, 2.24) is 0 Å². The second-order valence-corrected chi connectivity index (χ2v) is 2.98. The third-order valence-electron chi connectivity index (χ3n) is 2.11. The van der Waals surface area contributed by atoms with Crippen LogP contribution in [0.25, 0.3) is 0 Å². The lowest BCUT2D eigenvalue weighted by atomic mass is 10.1. The summed E-state index contributed by atoms with van der Waals surface area (Å²) in [5.74, 6) is 0.565. The molecule has 10 heavy (non-hydrogen) atoms. The van der Waals surface area contributed by atoms with Crippen molar-refractivity contribution in [3.63, 3.8) is 0 Å². The van der Waals surface area contributed by atoms with E-state index in [-0.39, 0.29) is 6.29 Å². The maximum Gasteiger partial charge on any atom is 0.160 e. The molecule has 2 heteroatoms. The molecule has 60 valence electrons. The van der Waals surface area contributed by atoms with Gasteiger partial charge in [-0.25, -0.2) is 0 Å². The lowest BCUT2D eigenvalue weighted by Crippen LogP contribution is -2.15. The maximum absolute atomic E-state index is 5.55. The van der Waals surface area contributed by atoms with E-state index in [0.29, 0.717) is 12.0 Å². The normalized spacial score (nSPS) is 40.5. The van der Waals surface area contributed by atoms with Crippen LogP contribution in [-0.4, -0.2) is 19.5 Å². The van der Waals surface area contributed by atoms with Crippen molar-refractivity contribution in [2.24, 2.45) is 5.92 Å². The molecule has 0 amide bonds. The van der Waals surface area contributed by atoms with Gasteiger partial charge in [-0.3, -0.25) is 0 Å². The summed E-state index contributed by atoms with van der Waals surface area (Å²) in [5.41, 5.74) is 0. The molecule has 0 aliphatic carbocycles. The van der Waals surface area contributed by atoms with Gasteiger partial charge in [0.15, 0.2) is 6.29 Å². The number of ether oxygens (including phenoxy) is 2. The molecular weight excluding hydrogens is 128 g/mol. The molecule has 1 heterocycles. The van der Waals surface area contributed by atoms with E-state index >= 15 is 0 Å². The highest BCUT2D eigenvalue weighted by molar-refractivity contribution is 4.72. The fraction of sp³-hybridized carbons (Fsp3) is 1.00. The van der Waals surface area contributed by atoms with E-state index in [4.69, 9.17) is 9.47 Å². The van der Waals surface area contributed by atoms with Crippen molar-refractivity contribution >= 4 is 0 Å². The highest BCUT2D eigenvalue weighted by Gasteiger charge is 2.30. The predicted octanol–water partition coefficient (Wildman–Crippen LogP) is 1.79. The predicted molar refractivity (Wildman–Crippen MR) is 39.7 cm³/mol. The molecule has 3 unspecified atom stereocenters. The summed E-state index contributed by atoms with van der Waals surface area (Å²) in [4.78, 5) is 0. The number of rotatable bonds is 2. The zero-order valence-electron chi connectivity index (χ0n) is 6.96. The fourth-order valence-electron chi connectivity index (χ4n) is 1.46. The third-order valence-corrected chi connectivity index (χ3v) is 2.11. The van der Waals surface area contributed by atoms with E-state index in [9.17, 15) is 0 Å². The highest BCUT2D eigenvalue weighted by atomic mass is 16.7. The minimum absolute atomic E-state index is 0.0462. The van der Waals surface area contributed by atoms with E-state index in [0.717, 1.165) is 12.8 Å². The molecule has 1 fully saturated rings. The summed E-state index contributed by atoms with van der Waals surface area (Å²) < 4.78 is 10.7. The molecule has 0 aromatic heterocycles. The Hall–Kier alpha value is -0.0800. The molecular formula is C8H16O2. The summed E-state index contributed by atoms with van der Waals surface area (Å²) in [6.45, 7) is 4.32. The van der Waals surface area contributed by atoms with Crippen LogP contribution in [0, 0.1) is 5.92 Å². The molecule has 0 N–H and O–H groups in total. The Balaban J connectivity index is 2.36. The van der Waals surface area contributed by atoms with E-state index in [1.165, 1.54) is 0 Å². The minimum atomic E-state index is 0.0462. The second-order valence-electron chi connectivity index (χ2n) is 2.98. The van der Waals surface area contributed by atoms with Crippen molar-refractivity contribution in [2.45, 2.75) is 39.1 Å². The van der Waals surface area contributed by atoms with Crippen LogP contribution in [0.2, 0.25) is 0 Å². The van der Waals surface area contributed by atoms with Gasteiger partial charge in [0.25, 0.3) is 0 Å². The molecule has 1 rings (SSSR count). The Morgan fingerprint density at radius 1 is 1.60 bits per heavy atom. The Morgan fingerprint density at radius 2 is 2.30 bits per heavy atom. The summed E-state index contributed by atoms with van der Waals surface area (Å²) in [6, 6.07) is 0. The molecule has 0 spiro atoms. The Bertz CT molecular complexity index is 103. The van der Waals surface area contributed by atoms with Crippen LogP contribution < -0.4 is 0 Å². The average Bonchev–Trinajstić information content (AvgIpc) is 2.30. The Kier molecular flexibility index (Phi) is 2.69. The SMILES string of the molecule is CCC1CC(C)C(OC)O1. The van der Waals surface area contributed by atoms with Gasteiger partial charge < -0.3 is 9.47 Å². The van der Waals surface area contributed by atoms with Gasteiger partial charge in [0, 0.05) is 13.0 Å². The van der Waals surface area contributed by atoms with Crippen LogP contribution in [0.15, 0.2) is 0 Å². The first-order valence-electron chi connectivity index (χ1n) is 3.96. The van der Waals surface area contributed by atoms with E-state index < -0.39 is 0 Å². The van der Waals surface area contributed by atoms with Crippen molar-refractivity contribution < 1.29 is 9.47 Å². The zero-order chi connectivity index (χ0) is 7.56. The monoisotopic (exact) mass is 144 g/mol. The lowest BCUT2D eigenvalue weighted by Gasteiger charge is -2.11. The number of hydrogen-bond acceptors (Lipinski definition) is 2. The van der Waals surface area contributed by atoms with Gasteiger partial charge in [-0.15, -0.1) is 0 Å². The average molecular weight is 144 g/mol. The van der Waals surface area contributed by atoms with Crippen molar-refractivity contribution in [1.29, 1.82) is 0 Å². The molecule has 1 aliphatic heterocycles. The molecule has 1 aliphatic rings. The van der Waals surface area contributed by atoms with Crippen molar-refractivity contribution in [3.8, 4) is 0 Å². The molecule has 0 saturated carbocycles. The molecule has 3 atom stereocenters. The van der Waals surface area contributed by atoms with Gasteiger partial charge in [0.2, 0.25) is 0 Å². The maximum atomic E-state index is 5.55. The van der Waals surface area contributed by atoms with Gasteiger partial charge in [-0.1, -0.05) is 13.8 Å².